The molecule has 5 aromatic heterocycles. The van der Waals surface area contributed by atoms with Gasteiger partial charge in [0.05, 0.1) is 38.8 Å². The van der Waals surface area contributed by atoms with Crippen molar-refractivity contribution in [1.82, 2.24) is 8.97 Å². The van der Waals surface area contributed by atoms with Crippen molar-refractivity contribution in [3.05, 3.63) is 202 Å². The molecule has 1 aliphatic carbocycles. The number of hydrogen-bond donors (Lipinski definition) is 0. The Kier molecular flexibility index (Phi) is 7.22. The van der Waals surface area contributed by atoms with Gasteiger partial charge in [-0.05, 0) is 119 Å². The van der Waals surface area contributed by atoms with E-state index < -0.39 is 0 Å². The maximum atomic E-state index is 12.2. The van der Waals surface area contributed by atoms with Crippen molar-refractivity contribution < 1.29 is 0 Å². The fourth-order valence-corrected chi connectivity index (χ4v) is 12.8. The Morgan fingerprint density at radius 3 is 1.74 bits per heavy atom. The van der Waals surface area contributed by atoms with Crippen LogP contribution in [-0.2, 0) is 0 Å². The smallest absolute Gasteiger partial charge is 0.104 e. The van der Waals surface area contributed by atoms with Crippen molar-refractivity contribution in [3.8, 4) is 29.0 Å². The lowest BCUT2D eigenvalue weighted by atomic mass is 9.81. The van der Waals surface area contributed by atoms with Gasteiger partial charge in [0.25, 0.3) is 0 Å². The second kappa shape index (κ2) is 12.9. The Hall–Kier alpha value is -8.22. The highest BCUT2D eigenvalue weighted by atomic mass is 32.1. The Morgan fingerprint density at radius 2 is 1.05 bits per heavy atom. The molecule has 0 saturated carbocycles. The third kappa shape index (κ3) is 4.73. The minimum atomic E-state index is -0.329. The van der Waals surface area contributed by atoms with Crippen molar-refractivity contribution in [3.63, 3.8) is 0 Å². The lowest BCUT2D eigenvalue weighted by Crippen LogP contribution is -2.11. The number of nitrogens with zero attached hydrogens (tertiary/aromatic N) is 4. The van der Waals surface area contributed by atoms with Gasteiger partial charge in [-0.3, -0.25) is 0 Å². The molecule has 0 N–H and O–H groups in total. The van der Waals surface area contributed by atoms with Gasteiger partial charge >= 0.3 is 0 Å². The van der Waals surface area contributed by atoms with Crippen LogP contribution in [0.1, 0.15) is 50.4 Å². The Labute approximate surface area is 377 Å². The third-order valence-corrected chi connectivity index (χ3v) is 15.5. The van der Waals surface area contributed by atoms with Crippen LogP contribution in [0.25, 0.3) is 108 Å². The summed E-state index contributed by atoms with van der Waals surface area (Å²) in [4.78, 5) is 0. The van der Waals surface area contributed by atoms with E-state index in [-0.39, 0.29) is 5.92 Å². The van der Waals surface area contributed by atoms with Gasteiger partial charge in [0.1, 0.15) is 17.7 Å². The minimum Gasteiger partial charge on any atom is -0.307 e. The van der Waals surface area contributed by atoms with E-state index in [0.29, 0.717) is 16.8 Å². The molecule has 0 aliphatic heterocycles. The van der Waals surface area contributed by atoms with Crippen molar-refractivity contribution >= 4 is 102 Å². The molecule has 302 valence electrons. The van der Waals surface area contributed by atoms with Crippen molar-refractivity contribution in [2.24, 2.45) is 0 Å². The van der Waals surface area contributed by atoms with Crippen LogP contribution in [0.4, 0.5) is 0 Å². The summed E-state index contributed by atoms with van der Waals surface area (Å²) in [5.74, 6) is -0.329. The summed E-state index contributed by atoms with van der Waals surface area (Å²) < 4.78 is 6.99. The first-order chi connectivity index (χ1) is 31.9. The highest BCUT2D eigenvalue weighted by Crippen LogP contribution is 2.54. The van der Waals surface area contributed by atoms with E-state index in [9.17, 15) is 10.5 Å². The number of para-hydroxylation sites is 2. The van der Waals surface area contributed by atoms with Crippen LogP contribution in [0.3, 0.4) is 0 Å². The fraction of sp³-hybridized carbons (Fsp3) is 0.0667. The Balaban J connectivity index is 1.36. The van der Waals surface area contributed by atoms with Crippen molar-refractivity contribution in [2.75, 3.05) is 0 Å². The zero-order valence-electron chi connectivity index (χ0n) is 35.8. The predicted molar refractivity (Wildman–Crippen MR) is 271 cm³/mol. The van der Waals surface area contributed by atoms with E-state index in [0.717, 1.165) is 87.5 Å². The van der Waals surface area contributed by atoms with Crippen LogP contribution in [0.2, 0.25) is 0 Å². The van der Waals surface area contributed by atoms with Crippen LogP contribution in [0.5, 0.6) is 0 Å². The maximum Gasteiger partial charge on any atom is 0.104 e. The molecule has 0 fully saturated rings. The number of benzene rings is 9. The highest BCUT2D eigenvalue weighted by Gasteiger charge is 2.37. The molecule has 0 unspecified atom stereocenters. The number of thiophene rings is 1. The molecule has 14 aromatic rings. The zero-order valence-corrected chi connectivity index (χ0v) is 36.6. The molecule has 65 heavy (non-hydrogen) atoms. The molecule has 15 rings (SSSR count). The van der Waals surface area contributed by atoms with Crippen LogP contribution in [-0.4, -0.2) is 8.97 Å². The summed E-state index contributed by atoms with van der Waals surface area (Å²) in [5, 5.41) is 35.3. The molecule has 0 saturated heterocycles. The molecule has 1 aliphatic rings. The van der Waals surface area contributed by atoms with Gasteiger partial charge in [-0.2, -0.15) is 10.5 Å². The Bertz CT molecular complexity index is 4320. The minimum absolute atomic E-state index is 0.329. The van der Waals surface area contributed by atoms with E-state index in [1.54, 1.807) is 0 Å². The molecule has 6 bridgehead atoms. The first-order valence-electron chi connectivity index (χ1n) is 22.2. The number of aromatic nitrogens is 2. The Morgan fingerprint density at radius 1 is 0.462 bits per heavy atom. The molecule has 9 aromatic carbocycles. The lowest BCUT2D eigenvalue weighted by Gasteiger charge is -2.24. The second-order valence-electron chi connectivity index (χ2n) is 18.0. The average Bonchev–Trinajstić information content (AvgIpc) is 4.06. The number of hydrogen-bond acceptors (Lipinski definition) is 3. The zero-order chi connectivity index (χ0) is 43.4. The number of aryl methyl sites for hydroxylation is 3. The normalized spacial score (nSPS) is 12.8. The molecule has 0 spiro atoms. The fourth-order valence-electron chi connectivity index (χ4n) is 11.7. The molecular weight excluding hydrogens is 809 g/mol. The van der Waals surface area contributed by atoms with Gasteiger partial charge < -0.3 is 8.97 Å². The van der Waals surface area contributed by atoms with Crippen molar-refractivity contribution in [1.29, 1.82) is 10.5 Å². The molecule has 5 heterocycles. The van der Waals surface area contributed by atoms with E-state index in [2.05, 4.69) is 200 Å². The maximum absolute atomic E-state index is 12.2. The van der Waals surface area contributed by atoms with Gasteiger partial charge in [-0.15, -0.1) is 11.3 Å². The summed E-state index contributed by atoms with van der Waals surface area (Å²) in [6.45, 7) is 6.46. The third-order valence-electron chi connectivity index (χ3n) is 14.4. The molecule has 4 nitrogen and oxygen atoms in total. The first kappa shape index (κ1) is 36.3. The van der Waals surface area contributed by atoms with Gasteiger partial charge in [0, 0.05) is 53.0 Å². The second-order valence-corrected chi connectivity index (χ2v) is 19.1. The highest BCUT2D eigenvalue weighted by molar-refractivity contribution is 7.26. The summed E-state index contributed by atoms with van der Waals surface area (Å²) in [5.41, 5.74) is 15.4. The standard InChI is InChI=1S/C60H36N4S/c1-32-15-20-40-42(25-32)43-26-33(2)16-21-41(43)57(40)58-47(30-61)59(63-49-12-6-4-9-38(49)39-10-5-7-13-50(39)63)48(31-62)60-55(58)36-19-24-53-46(29-36)56-37(11-8-14-54(56)65-53)35-18-23-52-45(28-35)44-27-34(3)17-22-51(44)64(52)60/h4-29,57H,1-3H3. The van der Waals surface area contributed by atoms with Crippen LogP contribution in [0.15, 0.2) is 158 Å². The number of fused-ring (bicyclic) bond motifs is 8. The first-order valence-corrected chi connectivity index (χ1v) is 23.0. The van der Waals surface area contributed by atoms with Gasteiger partial charge in [0.2, 0.25) is 0 Å². The van der Waals surface area contributed by atoms with Crippen LogP contribution in [0, 0.1) is 43.4 Å². The van der Waals surface area contributed by atoms with Gasteiger partial charge in [-0.25, -0.2) is 0 Å². The topological polar surface area (TPSA) is 56.9 Å². The summed E-state index contributed by atoms with van der Waals surface area (Å²) >= 11 is 1.81. The van der Waals surface area contributed by atoms with Crippen LogP contribution < -0.4 is 0 Å². The predicted octanol–water partition coefficient (Wildman–Crippen LogP) is 15.8. The molecule has 5 heteroatoms. The summed E-state index contributed by atoms with van der Waals surface area (Å²) in [6.07, 6.45) is 0. The number of nitriles is 2. The van der Waals surface area contributed by atoms with E-state index in [1.807, 2.05) is 11.3 Å². The molecule has 0 atom stereocenters. The van der Waals surface area contributed by atoms with E-state index in [1.165, 1.54) is 47.8 Å². The molecule has 0 radical (unpaired) electrons. The van der Waals surface area contributed by atoms with Crippen molar-refractivity contribution in [2.45, 2.75) is 26.7 Å². The van der Waals surface area contributed by atoms with Gasteiger partial charge in [-0.1, -0.05) is 120 Å². The van der Waals surface area contributed by atoms with Crippen LogP contribution >= 0.6 is 11.3 Å². The van der Waals surface area contributed by atoms with E-state index >= 15 is 0 Å². The number of rotatable bonds is 2. The summed E-state index contributed by atoms with van der Waals surface area (Å²) in [6, 6.07) is 63.2. The largest absolute Gasteiger partial charge is 0.307 e. The van der Waals surface area contributed by atoms with E-state index in [4.69, 9.17) is 0 Å². The average molecular weight is 845 g/mol. The lowest BCUT2D eigenvalue weighted by molar-refractivity contribution is 1.01. The summed E-state index contributed by atoms with van der Waals surface area (Å²) in [7, 11) is 0. The SMILES string of the molecule is Cc1ccc2c(c1)-c1cc(C)ccc1C2c1c(C#N)c(-n2c3ccccc3c3ccccc32)c(C#N)c2c1c1ccc3sc4cccc(c5ccc6c(c5)c5cc(C)ccc5n62)c4c3c1. The molecule has 0 amide bonds. The quantitative estimate of drug-likeness (QED) is 0.174. The van der Waals surface area contributed by atoms with Gasteiger partial charge in [0.15, 0.2) is 0 Å². The molecular formula is C60H36N4S. The monoisotopic (exact) mass is 844 g/mol.